The Labute approximate surface area is 80.4 Å². The van der Waals surface area contributed by atoms with Gasteiger partial charge in [-0.1, -0.05) is 25.5 Å². The Hall–Kier alpha value is -0.790. The minimum absolute atomic E-state index is 0.213. The minimum atomic E-state index is 0.213. The van der Waals surface area contributed by atoms with Crippen LogP contribution in [0.15, 0.2) is 12.2 Å². The van der Waals surface area contributed by atoms with E-state index in [0.717, 1.165) is 32.2 Å². The van der Waals surface area contributed by atoms with Gasteiger partial charge < -0.3 is 5.32 Å². The summed E-state index contributed by atoms with van der Waals surface area (Å²) in [7, 11) is 0. The Balaban J connectivity index is 2.06. The minimum Gasteiger partial charge on any atom is -0.356 e. The van der Waals surface area contributed by atoms with Gasteiger partial charge in [-0.15, -0.1) is 0 Å². The first kappa shape index (κ1) is 10.3. The van der Waals surface area contributed by atoms with E-state index in [1.165, 1.54) is 0 Å². The van der Waals surface area contributed by atoms with Gasteiger partial charge in [-0.25, -0.2) is 0 Å². The fourth-order valence-corrected chi connectivity index (χ4v) is 1.58. The van der Waals surface area contributed by atoms with Crippen LogP contribution in [-0.4, -0.2) is 12.5 Å². The number of unbranched alkanes of at least 4 members (excludes halogenated alkanes) is 1. The molecule has 0 saturated heterocycles. The molecule has 0 fully saturated rings. The second-order valence-electron chi connectivity index (χ2n) is 3.67. The first-order chi connectivity index (χ1) is 6.33. The van der Waals surface area contributed by atoms with Crippen LogP contribution in [0, 0.1) is 5.92 Å². The maximum Gasteiger partial charge on any atom is 0.220 e. The van der Waals surface area contributed by atoms with Crippen LogP contribution in [0.2, 0.25) is 0 Å². The molecule has 2 nitrogen and oxygen atoms in total. The quantitative estimate of drug-likeness (QED) is 0.511. The Morgan fingerprint density at radius 1 is 1.62 bits per heavy atom. The Kier molecular flexibility index (Phi) is 4.58. The molecule has 1 aliphatic carbocycles. The zero-order valence-electron chi connectivity index (χ0n) is 8.38. The van der Waals surface area contributed by atoms with E-state index in [9.17, 15) is 4.79 Å². The number of carbonyl (C=O) groups is 1. The fourth-order valence-electron chi connectivity index (χ4n) is 1.58. The monoisotopic (exact) mass is 181 g/mol. The summed E-state index contributed by atoms with van der Waals surface area (Å²) in [6, 6.07) is 0. The van der Waals surface area contributed by atoms with E-state index in [1.807, 2.05) is 0 Å². The zero-order chi connectivity index (χ0) is 9.52. The van der Waals surface area contributed by atoms with Crippen LogP contribution in [0.1, 0.15) is 39.0 Å². The van der Waals surface area contributed by atoms with Crippen LogP contribution in [0.3, 0.4) is 0 Å². The summed E-state index contributed by atoms with van der Waals surface area (Å²) in [6.45, 7) is 2.97. The van der Waals surface area contributed by atoms with Crippen LogP contribution in [0.5, 0.6) is 0 Å². The lowest BCUT2D eigenvalue weighted by Crippen LogP contribution is -2.25. The van der Waals surface area contributed by atoms with Gasteiger partial charge >= 0.3 is 0 Å². The van der Waals surface area contributed by atoms with Gasteiger partial charge in [0.2, 0.25) is 5.91 Å². The van der Waals surface area contributed by atoms with Crippen molar-refractivity contribution in [2.75, 3.05) is 6.54 Å². The number of hydrogen-bond acceptors (Lipinski definition) is 1. The lowest BCUT2D eigenvalue weighted by atomic mass is 10.1. The van der Waals surface area contributed by atoms with E-state index >= 15 is 0 Å². The molecule has 0 spiro atoms. The topological polar surface area (TPSA) is 29.1 Å². The van der Waals surface area contributed by atoms with Crippen molar-refractivity contribution in [2.45, 2.75) is 39.0 Å². The van der Waals surface area contributed by atoms with Gasteiger partial charge in [-0.05, 0) is 25.2 Å². The molecular weight excluding hydrogens is 162 g/mol. The van der Waals surface area contributed by atoms with Crippen LogP contribution < -0.4 is 5.32 Å². The van der Waals surface area contributed by atoms with E-state index in [2.05, 4.69) is 24.4 Å². The third-order valence-corrected chi connectivity index (χ3v) is 2.41. The molecule has 1 aliphatic rings. The summed E-state index contributed by atoms with van der Waals surface area (Å²) in [6.07, 6.45) is 9.55. The average molecular weight is 181 g/mol. The molecule has 74 valence electrons. The summed E-state index contributed by atoms with van der Waals surface area (Å²) in [5, 5.41) is 2.94. The van der Waals surface area contributed by atoms with Crippen LogP contribution >= 0.6 is 0 Å². The van der Waals surface area contributed by atoms with Crippen LogP contribution in [0.25, 0.3) is 0 Å². The smallest absolute Gasteiger partial charge is 0.220 e. The molecule has 1 rings (SSSR count). The van der Waals surface area contributed by atoms with Gasteiger partial charge in [0, 0.05) is 13.0 Å². The highest BCUT2D eigenvalue weighted by molar-refractivity contribution is 5.76. The maximum absolute atomic E-state index is 11.3. The molecule has 0 aromatic carbocycles. The summed E-state index contributed by atoms with van der Waals surface area (Å²) in [4.78, 5) is 11.3. The second-order valence-corrected chi connectivity index (χ2v) is 3.67. The summed E-state index contributed by atoms with van der Waals surface area (Å²) < 4.78 is 0. The van der Waals surface area contributed by atoms with E-state index in [4.69, 9.17) is 0 Å². The third kappa shape index (κ3) is 4.11. The second kappa shape index (κ2) is 5.79. The first-order valence-corrected chi connectivity index (χ1v) is 5.26. The van der Waals surface area contributed by atoms with E-state index in [1.54, 1.807) is 0 Å². The normalized spacial score (nSPS) is 20.5. The molecule has 0 bridgehead atoms. The molecule has 2 heteroatoms. The lowest BCUT2D eigenvalue weighted by Gasteiger charge is -2.07. The molecule has 1 unspecified atom stereocenters. The lowest BCUT2D eigenvalue weighted by molar-refractivity contribution is -0.121. The van der Waals surface area contributed by atoms with Gasteiger partial charge in [-0.2, -0.15) is 0 Å². The van der Waals surface area contributed by atoms with E-state index < -0.39 is 0 Å². The summed E-state index contributed by atoms with van der Waals surface area (Å²) in [5.41, 5.74) is 0. The third-order valence-electron chi connectivity index (χ3n) is 2.41. The predicted octanol–water partition coefficient (Wildman–Crippen LogP) is 2.26. The molecule has 1 N–H and O–H groups in total. The van der Waals surface area contributed by atoms with Gasteiger partial charge in [0.1, 0.15) is 0 Å². The Morgan fingerprint density at radius 2 is 2.46 bits per heavy atom. The molecule has 1 atom stereocenters. The average Bonchev–Trinajstić information content (AvgIpc) is 2.57. The van der Waals surface area contributed by atoms with E-state index in [0.29, 0.717) is 12.3 Å². The molecule has 0 radical (unpaired) electrons. The first-order valence-electron chi connectivity index (χ1n) is 5.26. The van der Waals surface area contributed by atoms with Crippen molar-refractivity contribution >= 4 is 5.91 Å². The molecule has 0 heterocycles. The van der Waals surface area contributed by atoms with Crippen molar-refractivity contribution in [1.82, 2.24) is 5.32 Å². The standard InChI is InChI=1S/C11H19NO/c1-2-3-8-12-11(13)9-10-6-4-5-7-10/h4,6,10H,2-3,5,7-9H2,1H3,(H,12,13). The number of nitrogens with one attached hydrogen (secondary N) is 1. The Bertz CT molecular complexity index is 187. The predicted molar refractivity (Wildman–Crippen MR) is 54.4 cm³/mol. The zero-order valence-corrected chi connectivity index (χ0v) is 8.38. The van der Waals surface area contributed by atoms with Crippen molar-refractivity contribution in [1.29, 1.82) is 0 Å². The van der Waals surface area contributed by atoms with Crippen molar-refractivity contribution in [3.05, 3.63) is 12.2 Å². The van der Waals surface area contributed by atoms with Crippen molar-refractivity contribution in [2.24, 2.45) is 5.92 Å². The molecule has 0 aliphatic heterocycles. The fraction of sp³-hybridized carbons (Fsp3) is 0.727. The molecule has 0 aromatic rings. The highest BCUT2D eigenvalue weighted by Crippen LogP contribution is 2.19. The number of hydrogen-bond donors (Lipinski definition) is 1. The van der Waals surface area contributed by atoms with Crippen molar-refractivity contribution < 1.29 is 4.79 Å². The van der Waals surface area contributed by atoms with Crippen molar-refractivity contribution in [3.8, 4) is 0 Å². The largest absolute Gasteiger partial charge is 0.356 e. The molecule has 0 aromatic heterocycles. The van der Waals surface area contributed by atoms with Crippen LogP contribution in [-0.2, 0) is 4.79 Å². The van der Waals surface area contributed by atoms with Crippen LogP contribution in [0.4, 0.5) is 0 Å². The number of carbonyl (C=O) groups excluding carboxylic acids is 1. The highest BCUT2D eigenvalue weighted by atomic mass is 16.1. The molecule has 0 saturated carbocycles. The number of rotatable bonds is 5. The molecular formula is C11H19NO. The van der Waals surface area contributed by atoms with Gasteiger partial charge in [0.25, 0.3) is 0 Å². The van der Waals surface area contributed by atoms with Gasteiger partial charge in [-0.3, -0.25) is 4.79 Å². The summed E-state index contributed by atoms with van der Waals surface area (Å²) >= 11 is 0. The molecule has 13 heavy (non-hydrogen) atoms. The SMILES string of the molecule is CCCCNC(=O)CC1C=CCC1. The Morgan fingerprint density at radius 3 is 3.08 bits per heavy atom. The van der Waals surface area contributed by atoms with Gasteiger partial charge in [0.15, 0.2) is 0 Å². The van der Waals surface area contributed by atoms with Gasteiger partial charge in [0.05, 0.1) is 0 Å². The highest BCUT2D eigenvalue weighted by Gasteiger charge is 2.12. The summed E-state index contributed by atoms with van der Waals surface area (Å²) in [5.74, 6) is 0.714. The molecule has 1 amide bonds. The number of amides is 1. The number of allylic oxidation sites excluding steroid dienone is 2. The maximum atomic E-state index is 11.3. The van der Waals surface area contributed by atoms with E-state index in [-0.39, 0.29) is 5.91 Å². The van der Waals surface area contributed by atoms with Crippen molar-refractivity contribution in [3.63, 3.8) is 0 Å².